The third-order valence-corrected chi connectivity index (χ3v) is 3.28. The highest BCUT2D eigenvalue weighted by Gasteiger charge is 2.17. The highest BCUT2D eigenvalue weighted by molar-refractivity contribution is 6.33. The Bertz CT molecular complexity index is 610. The summed E-state index contributed by atoms with van der Waals surface area (Å²) in [5.41, 5.74) is -0.636. The van der Waals surface area contributed by atoms with Crippen LogP contribution >= 0.6 is 11.6 Å². The number of nitro groups is 1. The zero-order valence-corrected chi connectivity index (χ0v) is 14.1. The van der Waals surface area contributed by atoms with Gasteiger partial charge in [-0.15, -0.1) is 0 Å². The Morgan fingerprint density at radius 3 is 2.41 bits per heavy atom. The molecule has 0 heterocycles. The molecule has 0 saturated carbocycles. The lowest BCUT2D eigenvalue weighted by Gasteiger charge is -2.20. The van der Waals surface area contributed by atoms with Gasteiger partial charge in [0.15, 0.2) is 0 Å². The molecule has 22 heavy (non-hydrogen) atoms. The fourth-order valence-corrected chi connectivity index (χ4v) is 1.59. The highest BCUT2D eigenvalue weighted by Crippen LogP contribution is 2.30. The van der Waals surface area contributed by atoms with Crippen LogP contribution in [0.1, 0.15) is 27.7 Å². The standard InChI is InChI=1S/C15H20ClN3O3/c1-14(2,8-9-15(3,4)22-5)18-17-13-7-6-11(19(20)21)10-12(13)16/h6-10H,1-5H3/b9-8+,18-17?. The van der Waals surface area contributed by atoms with Gasteiger partial charge in [-0.05, 0) is 33.8 Å². The molecule has 120 valence electrons. The van der Waals surface area contributed by atoms with Gasteiger partial charge in [-0.1, -0.05) is 23.8 Å². The van der Waals surface area contributed by atoms with Gasteiger partial charge in [0.2, 0.25) is 0 Å². The van der Waals surface area contributed by atoms with Crippen LogP contribution in [0.5, 0.6) is 0 Å². The monoisotopic (exact) mass is 325 g/mol. The van der Waals surface area contributed by atoms with Crippen LogP contribution in [-0.4, -0.2) is 23.2 Å². The summed E-state index contributed by atoms with van der Waals surface area (Å²) in [6, 6.07) is 4.08. The third kappa shape index (κ3) is 5.54. The number of benzene rings is 1. The van der Waals surface area contributed by atoms with Gasteiger partial charge < -0.3 is 4.74 Å². The Morgan fingerprint density at radius 2 is 1.91 bits per heavy atom. The first-order chi connectivity index (χ1) is 10.1. The minimum atomic E-state index is -0.555. The molecule has 0 atom stereocenters. The fraction of sp³-hybridized carbons (Fsp3) is 0.467. The van der Waals surface area contributed by atoms with Crippen molar-refractivity contribution < 1.29 is 9.66 Å². The fourth-order valence-electron chi connectivity index (χ4n) is 1.38. The second kappa shape index (κ2) is 6.98. The number of halogens is 1. The first kappa shape index (κ1) is 18.3. The second-order valence-corrected chi connectivity index (χ2v) is 6.29. The number of nitro benzene ring substituents is 1. The normalized spacial score (nSPS) is 13.2. The summed E-state index contributed by atoms with van der Waals surface area (Å²) in [6.45, 7) is 7.64. The van der Waals surface area contributed by atoms with Crippen molar-refractivity contribution in [2.75, 3.05) is 7.11 Å². The van der Waals surface area contributed by atoms with Gasteiger partial charge in [0.05, 0.1) is 21.1 Å². The van der Waals surface area contributed by atoms with Gasteiger partial charge in [0, 0.05) is 19.2 Å². The van der Waals surface area contributed by atoms with E-state index in [0.717, 1.165) is 0 Å². The minimum absolute atomic E-state index is 0.0787. The summed E-state index contributed by atoms with van der Waals surface area (Å²) in [4.78, 5) is 10.2. The van der Waals surface area contributed by atoms with Crippen LogP contribution in [0.25, 0.3) is 0 Å². The number of non-ortho nitro benzene ring substituents is 1. The molecule has 1 aromatic rings. The number of ether oxygens (including phenoxy) is 1. The van der Waals surface area contributed by atoms with Crippen LogP contribution in [0.15, 0.2) is 40.6 Å². The topological polar surface area (TPSA) is 77.1 Å². The number of nitrogens with zero attached hydrogens (tertiary/aromatic N) is 3. The van der Waals surface area contributed by atoms with Crippen molar-refractivity contribution in [3.05, 3.63) is 45.5 Å². The van der Waals surface area contributed by atoms with Crippen molar-refractivity contribution in [1.29, 1.82) is 0 Å². The molecule has 0 aliphatic rings. The predicted octanol–water partition coefficient (Wildman–Crippen LogP) is 5.09. The summed E-state index contributed by atoms with van der Waals surface area (Å²) < 4.78 is 5.31. The molecule has 1 aromatic carbocycles. The van der Waals surface area contributed by atoms with Crippen LogP contribution < -0.4 is 0 Å². The predicted molar refractivity (Wildman–Crippen MR) is 86.9 cm³/mol. The Balaban J connectivity index is 2.93. The first-order valence-corrected chi connectivity index (χ1v) is 7.06. The molecule has 0 bridgehead atoms. The van der Waals surface area contributed by atoms with Crippen molar-refractivity contribution in [3.8, 4) is 0 Å². The molecule has 0 aliphatic carbocycles. The van der Waals surface area contributed by atoms with E-state index in [1.807, 2.05) is 39.8 Å². The summed E-state index contributed by atoms with van der Waals surface area (Å²) >= 11 is 5.98. The van der Waals surface area contributed by atoms with E-state index in [1.54, 1.807) is 7.11 Å². The maximum Gasteiger partial charge on any atom is 0.271 e. The van der Waals surface area contributed by atoms with Crippen LogP contribution in [0.2, 0.25) is 5.02 Å². The van der Waals surface area contributed by atoms with Gasteiger partial charge in [-0.3, -0.25) is 10.1 Å². The Labute approximate surface area is 135 Å². The molecule has 7 heteroatoms. The molecule has 0 aromatic heterocycles. The van der Waals surface area contributed by atoms with Crippen molar-refractivity contribution in [1.82, 2.24) is 0 Å². The Morgan fingerprint density at radius 1 is 1.27 bits per heavy atom. The maximum atomic E-state index is 10.7. The molecule has 0 fully saturated rings. The summed E-state index contributed by atoms with van der Waals surface area (Å²) in [5, 5.41) is 19.2. The average molecular weight is 326 g/mol. The van der Waals surface area contributed by atoms with Crippen LogP contribution in [-0.2, 0) is 4.74 Å². The molecule has 0 unspecified atom stereocenters. The van der Waals surface area contributed by atoms with Crippen molar-refractivity contribution in [2.24, 2.45) is 10.2 Å². The average Bonchev–Trinajstić information content (AvgIpc) is 2.44. The molecular weight excluding hydrogens is 306 g/mol. The second-order valence-electron chi connectivity index (χ2n) is 5.89. The molecule has 0 saturated heterocycles. The molecule has 1 rings (SSSR count). The molecule has 6 nitrogen and oxygen atoms in total. The van der Waals surface area contributed by atoms with E-state index in [4.69, 9.17) is 16.3 Å². The largest absolute Gasteiger partial charge is 0.375 e. The Hall–Kier alpha value is -1.79. The number of hydrogen-bond acceptors (Lipinski definition) is 5. The number of hydrogen-bond donors (Lipinski definition) is 0. The SMILES string of the molecule is COC(C)(C)/C=C/C(C)(C)N=Nc1ccc([N+](=O)[O-])cc1Cl. The lowest BCUT2D eigenvalue weighted by molar-refractivity contribution is -0.384. The molecule has 0 aliphatic heterocycles. The van der Waals surface area contributed by atoms with E-state index >= 15 is 0 Å². The summed E-state index contributed by atoms with van der Waals surface area (Å²) in [7, 11) is 1.63. The third-order valence-electron chi connectivity index (χ3n) is 2.98. The maximum absolute atomic E-state index is 10.7. The molecule has 0 radical (unpaired) electrons. The van der Waals surface area contributed by atoms with Gasteiger partial charge in [-0.25, -0.2) is 0 Å². The van der Waals surface area contributed by atoms with Crippen molar-refractivity contribution >= 4 is 23.0 Å². The van der Waals surface area contributed by atoms with Gasteiger partial charge >= 0.3 is 0 Å². The van der Waals surface area contributed by atoms with Gasteiger partial charge in [0.1, 0.15) is 5.69 Å². The Kier molecular flexibility index (Phi) is 5.79. The van der Waals surface area contributed by atoms with Crippen LogP contribution in [0.3, 0.4) is 0 Å². The van der Waals surface area contributed by atoms with E-state index in [-0.39, 0.29) is 10.7 Å². The zero-order valence-electron chi connectivity index (χ0n) is 13.3. The van der Waals surface area contributed by atoms with Crippen molar-refractivity contribution in [3.63, 3.8) is 0 Å². The molecule has 0 amide bonds. The summed E-state index contributed by atoms with van der Waals surface area (Å²) in [6.07, 6.45) is 3.79. The van der Waals surface area contributed by atoms with E-state index in [9.17, 15) is 10.1 Å². The van der Waals surface area contributed by atoms with E-state index in [0.29, 0.717) is 5.69 Å². The summed E-state index contributed by atoms with van der Waals surface area (Å²) in [5.74, 6) is 0. The smallest absolute Gasteiger partial charge is 0.271 e. The van der Waals surface area contributed by atoms with E-state index in [1.165, 1.54) is 18.2 Å². The van der Waals surface area contributed by atoms with E-state index < -0.39 is 16.1 Å². The molecule has 0 spiro atoms. The highest BCUT2D eigenvalue weighted by atomic mass is 35.5. The number of rotatable bonds is 6. The zero-order chi connectivity index (χ0) is 17.0. The number of methoxy groups -OCH3 is 1. The van der Waals surface area contributed by atoms with Crippen LogP contribution in [0.4, 0.5) is 11.4 Å². The quantitative estimate of drug-likeness (QED) is 0.316. The first-order valence-electron chi connectivity index (χ1n) is 6.69. The van der Waals surface area contributed by atoms with Crippen LogP contribution in [0, 0.1) is 10.1 Å². The van der Waals surface area contributed by atoms with E-state index in [2.05, 4.69) is 10.2 Å². The van der Waals surface area contributed by atoms with Gasteiger partial charge in [0.25, 0.3) is 5.69 Å². The molecular formula is C15H20ClN3O3. The molecule has 0 N–H and O–H groups in total. The lowest BCUT2D eigenvalue weighted by atomic mass is 10.0. The van der Waals surface area contributed by atoms with Gasteiger partial charge in [-0.2, -0.15) is 10.2 Å². The number of azo groups is 1. The lowest BCUT2D eigenvalue weighted by Crippen LogP contribution is -2.21. The van der Waals surface area contributed by atoms with Crippen molar-refractivity contribution in [2.45, 2.75) is 38.8 Å². The minimum Gasteiger partial charge on any atom is -0.375 e.